The van der Waals surface area contributed by atoms with E-state index in [1.807, 2.05) is 0 Å². The van der Waals surface area contributed by atoms with Crippen LogP contribution in [0.5, 0.6) is 0 Å². The van der Waals surface area contributed by atoms with Gasteiger partial charge in [0.1, 0.15) is 0 Å². The Morgan fingerprint density at radius 2 is 1.94 bits per heavy atom. The summed E-state index contributed by atoms with van der Waals surface area (Å²) >= 11 is 2.11. The first-order valence-electron chi connectivity index (χ1n) is 7.04. The molecule has 2 N–H and O–H groups in total. The predicted octanol–water partition coefficient (Wildman–Crippen LogP) is 0.989. The van der Waals surface area contributed by atoms with Gasteiger partial charge in [0.25, 0.3) is 0 Å². The van der Waals surface area contributed by atoms with Gasteiger partial charge >= 0.3 is 0 Å². The Morgan fingerprint density at radius 3 is 2.41 bits per heavy atom. The topological polar surface area (TPSA) is 32.5 Å². The smallest absolute Gasteiger partial charge is 0.0433 e. The van der Waals surface area contributed by atoms with Gasteiger partial charge in [-0.05, 0) is 19.3 Å². The summed E-state index contributed by atoms with van der Waals surface area (Å²) in [5.74, 6) is 1.24. The van der Waals surface area contributed by atoms with Crippen molar-refractivity contribution < 1.29 is 0 Å². The molecule has 0 amide bonds. The first-order chi connectivity index (χ1) is 8.23. The second-order valence-electron chi connectivity index (χ2n) is 6.01. The van der Waals surface area contributed by atoms with E-state index in [2.05, 4.69) is 28.5 Å². The van der Waals surface area contributed by atoms with Gasteiger partial charge in [-0.2, -0.15) is 11.8 Å². The number of hydrogen-bond acceptors (Lipinski definition) is 4. The van der Waals surface area contributed by atoms with E-state index in [4.69, 9.17) is 5.73 Å². The van der Waals surface area contributed by atoms with E-state index in [1.165, 1.54) is 51.2 Å². The molecule has 3 nitrogen and oxygen atoms in total. The molecule has 0 radical (unpaired) electrons. The van der Waals surface area contributed by atoms with Crippen LogP contribution in [0.4, 0.5) is 0 Å². The Morgan fingerprint density at radius 1 is 1.24 bits per heavy atom. The zero-order valence-corrected chi connectivity index (χ0v) is 11.7. The molecule has 0 bridgehead atoms. The molecule has 0 spiro atoms. The van der Waals surface area contributed by atoms with Crippen molar-refractivity contribution in [3.63, 3.8) is 0 Å². The number of rotatable bonds is 3. The van der Waals surface area contributed by atoms with Crippen LogP contribution in [0.25, 0.3) is 0 Å². The SMILES string of the molecule is CC1CC(CN)(N2CCN(C3CC3)CC2)CS1. The van der Waals surface area contributed by atoms with Crippen molar-refractivity contribution in [2.24, 2.45) is 5.73 Å². The minimum Gasteiger partial charge on any atom is -0.329 e. The summed E-state index contributed by atoms with van der Waals surface area (Å²) in [6.07, 6.45) is 4.17. The van der Waals surface area contributed by atoms with Gasteiger partial charge in [-0.3, -0.25) is 9.80 Å². The third-order valence-corrected chi connectivity index (χ3v) is 6.17. The van der Waals surface area contributed by atoms with Crippen LogP contribution in [0.1, 0.15) is 26.2 Å². The molecular weight excluding hydrogens is 230 g/mol. The van der Waals surface area contributed by atoms with Crippen LogP contribution in [0.2, 0.25) is 0 Å². The maximum atomic E-state index is 6.10. The van der Waals surface area contributed by atoms with Crippen molar-refractivity contribution in [1.29, 1.82) is 0 Å². The standard InChI is InChI=1S/C13H25N3S/c1-11-8-13(9-14,10-17-11)16-6-4-15(5-7-16)12-2-3-12/h11-12H,2-10,14H2,1H3. The molecule has 1 aliphatic carbocycles. The molecular formula is C13H25N3S. The minimum atomic E-state index is 0.319. The van der Waals surface area contributed by atoms with E-state index in [9.17, 15) is 0 Å². The van der Waals surface area contributed by atoms with Crippen LogP contribution in [0.3, 0.4) is 0 Å². The molecule has 2 aliphatic heterocycles. The van der Waals surface area contributed by atoms with Crippen LogP contribution in [0, 0.1) is 0 Å². The van der Waals surface area contributed by atoms with E-state index in [0.29, 0.717) is 5.54 Å². The highest BCUT2D eigenvalue weighted by atomic mass is 32.2. The van der Waals surface area contributed by atoms with E-state index in [-0.39, 0.29) is 0 Å². The zero-order chi connectivity index (χ0) is 11.9. The Bertz CT molecular complexity index is 274. The lowest BCUT2D eigenvalue weighted by atomic mass is 9.93. The average molecular weight is 255 g/mol. The van der Waals surface area contributed by atoms with Crippen molar-refractivity contribution in [1.82, 2.24) is 9.80 Å². The maximum Gasteiger partial charge on any atom is 0.0433 e. The molecule has 3 fully saturated rings. The molecule has 1 saturated carbocycles. The molecule has 4 heteroatoms. The van der Waals surface area contributed by atoms with Gasteiger partial charge < -0.3 is 5.73 Å². The number of thioether (sulfide) groups is 1. The summed E-state index contributed by atoms with van der Waals surface area (Å²) in [7, 11) is 0. The Hall–Kier alpha value is 0.230. The van der Waals surface area contributed by atoms with Crippen molar-refractivity contribution in [3.8, 4) is 0 Å². The van der Waals surface area contributed by atoms with E-state index in [0.717, 1.165) is 17.8 Å². The van der Waals surface area contributed by atoms with Gasteiger partial charge in [0.2, 0.25) is 0 Å². The Labute approximate surface area is 109 Å². The van der Waals surface area contributed by atoms with Gasteiger partial charge in [-0.15, -0.1) is 0 Å². The zero-order valence-electron chi connectivity index (χ0n) is 10.9. The van der Waals surface area contributed by atoms with Crippen LogP contribution >= 0.6 is 11.8 Å². The first kappa shape index (κ1) is 12.3. The van der Waals surface area contributed by atoms with Crippen molar-refractivity contribution >= 4 is 11.8 Å². The number of hydrogen-bond donors (Lipinski definition) is 1. The van der Waals surface area contributed by atoms with Crippen molar-refractivity contribution in [2.45, 2.75) is 43.0 Å². The Kier molecular flexibility index (Phi) is 3.41. The summed E-state index contributed by atoms with van der Waals surface area (Å²) in [5.41, 5.74) is 6.42. The molecule has 3 aliphatic rings. The fraction of sp³-hybridized carbons (Fsp3) is 1.00. The fourth-order valence-electron chi connectivity index (χ4n) is 3.44. The Balaban J connectivity index is 1.60. The van der Waals surface area contributed by atoms with Gasteiger partial charge in [-0.25, -0.2) is 0 Å². The lowest BCUT2D eigenvalue weighted by Gasteiger charge is -2.45. The average Bonchev–Trinajstić information content (AvgIpc) is 3.14. The second kappa shape index (κ2) is 4.72. The quantitative estimate of drug-likeness (QED) is 0.815. The molecule has 0 aromatic rings. The van der Waals surface area contributed by atoms with Crippen LogP contribution in [-0.2, 0) is 0 Å². The normalized spacial score (nSPS) is 40.9. The van der Waals surface area contributed by atoms with E-state index >= 15 is 0 Å². The highest BCUT2D eigenvalue weighted by molar-refractivity contribution is 8.00. The lowest BCUT2D eigenvalue weighted by molar-refractivity contribution is 0.0454. The van der Waals surface area contributed by atoms with Gasteiger partial charge in [0, 0.05) is 55.3 Å². The summed E-state index contributed by atoms with van der Waals surface area (Å²) < 4.78 is 0. The monoisotopic (exact) mass is 255 g/mol. The summed E-state index contributed by atoms with van der Waals surface area (Å²) in [4.78, 5) is 5.38. The van der Waals surface area contributed by atoms with Gasteiger partial charge in [0.15, 0.2) is 0 Å². The third kappa shape index (κ3) is 2.37. The van der Waals surface area contributed by atoms with E-state index in [1.54, 1.807) is 0 Å². The summed E-state index contributed by atoms with van der Waals surface area (Å²) in [6.45, 7) is 8.20. The summed E-state index contributed by atoms with van der Waals surface area (Å²) in [6, 6.07) is 0.933. The lowest BCUT2D eigenvalue weighted by Crippen LogP contribution is -2.60. The maximum absolute atomic E-state index is 6.10. The third-order valence-electron chi connectivity index (χ3n) is 4.73. The number of nitrogens with zero attached hydrogens (tertiary/aromatic N) is 2. The highest BCUT2D eigenvalue weighted by Gasteiger charge is 2.43. The summed E-state index contributed by atoms with van der Waals surface area (Å²) in [5, 5.41) is 0.792. The van der Waals surface area contributed by atoms with Crippen LogP contribution in [0.15, 0.2) is 0 Å². The molecule has 2 heterocycles. The second-order valence-corrected chi connectivity index (χ2v) is 7.44. The first-order valence-corrected chi connectivity index (χ1v) is 8.09. The molecule has 0 aromatic carbocycles. The largest absolute Gasteiger partial charge is 0.329 e. The van der Waals surface area contributed by atoms with E-state index < -0.39 is 0 Å². The minimum absolute atomic E-state index is 0.319. The predicted molar refractivity (Wildman–Crippen MR) is 74.5 cm³/mol. The molecule has 17 heavy (non-hydrogen) atoms. The van der Waals surface area contributed by atoms with Gasteiger partial charge in [-0.1, -0.05) is 6.92 Å². The fourth-order valence-corrected chi connectivity index (χ4v) is 4.88. The highest BCUT2D eigenvalue weighted by Crippen LogP contribution is 2.39. The van der Waals surface area contributed by atoms with Crippen LogP contribution in [-0.4, -0.2) is 65.1 Å². The number of nitrogens with two attached hydrogens (primary N) is 1. The van der Waals surface area contributed by atoms with Crippen LogP contribution < -0.4 is 5.73 Å². The van der Waals surface area contributed by atoms with Crippen molar-refractivity contribution in [3.05, 3.63) is 0 Å². The molecule has 0 aromatic heterocycles. The molecule has 2 unspecified atom stereocenters. The van der Waals surface area contributed by atoms with Crippen molar-refractivity contribution in [2.75, 3.05) is 38.5 Å². The molecule has 3 rings (SSSR count). The molecule has 2 atom stereocenters. The molecule has 2 saturated heterocycles. The van der Waals surface area contributed by atoms with Gasteiger partial charge in [0.05, 0.1) is 0 Å². The molecule has 98 valence electrons. The number of piperazine rings is 1.